The van der Waals surface area contributed by atoms with Gasteiger partial charge in [-0.05, 0) is 39.5 Å². The number of nitrogens with two attached hydrogens (primary N) is 1. The van der Waals surface area contributed by atoms with E-state index in [1.807, 2.05) is 20.0 Å². The van der Waals surface area contributed by atoms with Crippen molar-refractivity contribution in [3.05, 3.63) is 17.6 Å². The lowest BCUT2D eigenvalue weighted by molar-refractivity contribution is 0.383. The fraction of sp³-hybridized carbons (Fsp3) is 0.692. The molecule has 1 heterocycles. The monoisotopic (exact) mass is 234 g/mol. The van der Waals surface area contributed by atoms with E-state index in [4.69, 9.17) is 5.73 Å². The molecule has 0 unspecified atom stereocenters. The first kappa shape index (κ1) is 12.3. The van der Waals surface area contributed by atoms with Crippen molar-refractivity contribution >= 4 is 5.82 Å². The summed E-state index contributed by atoms with van der Waals surface area (Å²) in [6.07, 6.45) is 6.38. The van der Waals surface area contributed by atoms with Gasteiger partial charge in [-0.15, -0.1) is 0 Å². The van der Waals surface area contributed by atoms with E-state index in [0.29, 0.717) is 12.1 Å². The number of hydrogen-bond donors (Lipinski definition) is 1. The fourth-order valence-electron chi connectivity index (χ4n) is 2.52. The van der Waals surface area contributed by atoms with Gasteiger partial charge in [-0.3, -0.25) is 4.98 Å². The number of anilines is 1. The molecule has 0 saturated heterocycles. The van der Waals surface area contributed by atoms with Crippen LogP contribution in [-0.4, -0.2) is 29.1 Å². The van der Waals surface area contributed by atoms with Gasteiger partial charge in [0, 0.05) is 25.3 Å². The van der Waals surface area contributed by atoms with E-state index < -0.39 is 0 Å². The highest BCUT2D eigenvalue weighted by Crippen LogP contribution is 2.25. The highest BCUT2D eigenvalue weighted by atomic mass is 15.2. The van der Waals surface area contributed by atoms with Crippen molar-refractivity contribution in [2.75, 3.05) is 11.9 Å². The summed E-state index contributed by atoms with van der Waals surface area (Å²) in [5.74, 6) is 1.02. The van der Waals surface area contributed by atoms with Gasteiger partial charge in [-0.2, -0.15) is 0 Å². The van der Waals surface area contributed by atoms with Crippen LogP contribution in [0.4, 0.5) is 5.82 Å². The molecular formula is C13H22N4. The van der Waals surface area contributed by atoms with E-state index in [2.05, 4.69) is 21.9 Å². The average molecular weight is 234 g/mol. The molecule has 4 nitrogen and oxygen atoms in total. The van der Waals surface area contributed by atoms with Gasteiger partial charge in [0.1, 0.15) is 5.82 Å². The van der Waals surface area contributed by atoms with E-state index >= 15 is 0 Å². The Labute approximate surface area is 103 Å². The molecule has 94 valence electrons. The number of rotatable bonds is 2. The predicted octanol–water partition coefficient (Wildman–Crippen LogP) is 1.80. The lowest BCUT2D eigenvalue weighted by Gasteiger charge is -2.34. The van der Waals surface area contributed by atoms with Gasteiger partial charge in [0.2, 0.25) is 0 Å². The third-order valence-electron chi connectivity index (χ3n) is 3.67. The van der Waals surface area contributed by atoms with Crippen LogP contribution in [0, 0.1) is 13.8 Å². The Kier molecular flexibility index (Phi) is 3.62. The normalized spacial score (nSPS) is 24.7. The van der Waals surface area contributed by atoms with Gasteiger partial charge in [-0.1, -0.05) is 0 Å². The molecule has 17 heavy (non-hydrogen) atoms. The van der Waals surface area contributed by atoms with Crippen molar-refractivity contribution in [2.45, 2.75) is 51.6 Å². The van der Waals surface area contributed by atoms with Crippen LogP contribution in [0.2, 0.25) is 0 Å². The van der Waals surface area contributed by atoms with Gasteiger partial charge < -0.3 is 10.6 Å². The zero-order chi connectivity index (χ0) is 12.4. The van der Waals surface area contributed by atoms with Crippen LogP contribution in [0.3, 0.4) is 0 Å². The van der Waals surface area contributed by atoms with Gasteiger partial charge >= 0.3 is 0 Å². The lowest BCUT2D eigenvalue weighted by atomic mass is 9.91. The molecule has 0 aliphatic heterocycles. The molecule has 0 aromatic carbocycles. The zero-order valence-corrected chi connectivity index (χ0v) is 11.0. The second-order valence-corrected chi connectivity index (χ2v) is 5.10. The molecular weight excluding hydrogens is 212 g/mol. The van der Waals surface area contributed by atoms with Crippen molar-refractivity contribution in [3.63, 3.8) is 0 Å². The first-order valence-electron chi connectivity index (χ1n) is 6.36. The maximum absolute atomic E-state index is 5.94. The fourth-order valence-corrected chi connectivity index (χ4v) is 2.52. The highest BCUT2D eigenvalue weighted by molar-refractivity contribution is 5.43. The summed E-state index contributed by atoms with van der Waals surface area (Å²) in [5, 5.41) is 0. The number of aromatic nitrogens is 2. The van der Waals surface area contributed by atoms with E-state index in [9.17, 15) is 0 Å². The summed E-state index contributed by atoms with van der Waals surface area (Å²) < 4.78 is 0. The van der Waals surface area contributed by atoms with Crippen molar-refractivity contribution in [1.29, 1.82) is 0 Å². The molecule has 1 aliphatic rings. The SMILES string of the molecule is Cc1cnc(C)c(N(C)C2CCC(N)CC2)n1. The van der Waals surface area contributed by atoms with Crippen molar-refractivity contribution < 1.29 is 0 Å². The average Bonchev–Trinajstić information content (AvgIpc) is 2.32. The second kappa shape index (κ2) is 5.00. The highest BCUT2D eigenvalue weighted by Gasteiger charge is 2.23. The minimum Gasteiger partial charge on any atom is -0.355 e. The largest absolute Gasteiger partial charge is 0.355 e. The summed E-state index contributed by atoms with van der Waals surface area (Å²) >= 11 is 0. The minimum absolute atomic E-state index is 0.393. The summed E-state index contributed by atoms with van der Waals surface area (Å²) in [4.78, 5) is 11.3. The van der Waals surface area contributed by atoms with Crippen LogP contribution < -0.4 is 10.6 Å². The van der Waals surface area contributed by atoms with Crippen LogP contribution in [0.15, 0.2) is 6.20 Å². The van der Waals surface area contributed by atoms with Crippen molar-refractivity contribution in [2.24, 2.45) is 5.73 Å². The molecule has 0 amide bonds. The maximum atomic E-state index is 5.94. The van der Waals surface area contributed by atoms with E-state index in [1.165, 1.54) is 0 Å². The molecule has 4 heteroatoms. The quantitative estimate of drug-likeness (QED) is 0.847. The molecule has 0 bridgehead atoms. The summed E-state index contributed by atoms with van der Waals surface area (Å²) in [6.45, 7) is 4.01. The lowest BCUT2D eigenvalue weighted by Crippen LogP contribution is -2.39. The summed E-state index contributed by atoms with van der Waals surface area (Å²) in [6, 6.07) is 0.953. The van der Waals surface area contributed by atoms with Gasteiger partial charge in [-0.25, -0.2) is 4.98 Å². The topological polar surface area (TPSA) is 55.0 Å². The minimum atomic E-state index is 0.393. The molecule has 2 rings (SSSR count). The van der Waals surface area contributed by atoms with E-state index in [1.54, 1.807) is 0 Å². The number of aryl methyl sites for hydroxylation is 2. The Morgan fingerprint density at radius 1 is 1.24 bits per heavy atom. The Morgan fingerprint density at radius 3 is 2.53 bits per heavy atom. The number of nitrogens with zero attached hydrogens (tertiary/aromatic N) is 3. The Hall–Kier alpha value is -1.16. The summed E-state index contributed by atoms with van der Waals surface area (Å²) in [7, 11) is 2.12. The first-order chi connectivity index (χ1) is 8.08. The third kappa shape index (κ3) is 2.75. The van der Waals surface area contributed by atoms with Crippen molar-refractivity contribution in [3.8, 4) is 0 Å². The molecule has 0 radical (unpaired) electrons. The Morgan fingerprint density at radius 2 is 1.88 bits per heavy atom. The smallest absolute Gasteiger partial charge is 0.150 e. The van der Waals surface area contributed by atoms with Crippen LogP contribution in [-0.2, 0) is 0 Å². The molecule has 0 atom stereocenters. The van der Waals surface area contributed by atoms with Crippen LogP contribution in [0.1, 0.15) is 37.1 Å². The van der Waals surface area contributed by atoms with E-state index in [0.717, 1.165) is 42.9 Å². The Balaban J connectivity index is 2.13. The number of hydrogen-bond acceptors (Lipinski definition) is 4. The molecule has 0 spiro atoms. The first-order valence-corrected chi connectivity index (χ1v) is 6.36. The van der Waals surface area contributed by atoms with Crippen LogP contribution in [0.5, 0.6) is 0 Å². The van der Waals surface area contributed by atoms with Gasteiger partial charge in [0.15, 0.2) is 0 Å². The molecule has 1 aromatic rings. The zero-order valence-electron chi connectivity index (χ0n) is 11.0. The third-order valence-corrected chi connectivity index (χ3v) is 3.67. The van der Waals surface area contributed by atoms with Gasteiger partial charge in [0.05, 0.1) is 11.4 Å². The molecule has 1 saturated carbocycles. The standard InChI is InChI=1S/C13H22N4/c1-9-8-15-10(2)13(16-9)17(3)12-6-4-11(14)5-7-12/h8,11-12H,4-7,14H2,1-3H3. The second-order valence-electron chi connectivity index (χ2n) is 5.10. The molecule has 1 fully saturated rings. The predicted molar refractivity (Wildman–Crippen MR) is 70.1 cm³/mol. The molecule has 1 aromatic heterocycles. The molecule has 2 N–H and O–H groups in total. The molecule has 1 aliphatic carbocycles. The Bertz CT molecular complexity index is 383. The van der Waals surface area contributed by atoms with E-state index in [-0.39, 0.29) is 0 Å². The maximum Gasteiger partial charge on any atom is 0.150 e. The summed E-state index contributed by atoms with van der Waals surface area (Å²) in [5.41, 5.74) is 7.93. The van der Waals surface area contributed by atoms with Crippen LogP contribution >= 0.6 is 0 Å². The van der Waals surface area contributed by atoms with Crippen LogP contribution in [0.25, 0.3) is 0 Å². The van der Waals surface area contributed by atoms with Crippen molar-refractivity contribution in [1.82, 2.24) is 9.97 Å². The van der Waals surface area contributed by atoms with Gasteiger partial charge in [0.25, 0.3) is 0 Å².